The van der Waals surface area contributed by atoms with Crippen molar-refractivity contribution < 1.29 is 9.59 Å². The monoisotopic (exact) mass is 362 g/mol. The van der Waals surface area contributed by atoms with Gasteiger partial charge in [-0.05, 0) is 43.2 Å². The van der Waals surface area contributed by atoms with Crippen LogP contribution < -0.4 is 10.2 Å². The van der Waals surface area contributed by atoms with Crippen LogP contribution in [0.25, 0.3) is 0 Å². The molecule has 4 nitrogen and oxygen atoms in total. The van der Waals surface area contributed by atoms with Crippen LogP contribution in [-0.2, 0) is 16.0 Å². The minimum Gasteiger partial charge on any atom is -0.326 e. The normalized spacial score (nSPS) is 16.0. The number of fused-ring (bicyclic) bond motifs is 1. The van der Waals surface area contributed by atoms with Crippen molar-refractivity contribution >= 4 is 46.4 Å². The molecule has 1 aliphatic heterocycles. The van der Waals surface area contributed by atoms with E-state index in [-0.39, 0.29) is 24.3 Å². The van der Waals surface area contributed by atoms with E-state index in [1.807, 2.05) is 31.2 Å². The predicted octanol–water partition coefficient (Wildman–Crippen LogP) is 4.30. The number of para-hydroxylation sites is 1. The Labute approximate surface area is 150 Å². The molecule has 1 heterocycles. The maximum Gasteiger partial charge on any atom is 0.236 e. The summed E-state index contributed by atoms with van der Waals surface area (Å²) < 4.78 is 0. The largest absolute Gasteiger partial charge is 0.326 e. The number of nitrogens with zero attached hydrogens (tertiary/aromatic N) is 1. The van der Waals surface area contributed by atoms with Crippen molar-refractivity contribution in [1.82, 2.24) is 0 Å². The number of nitrogens with one attached hydrogen (secondary N) is 1. The molecule has 124 valence electrons. The van der Waals surface area contributed by atoms with Crippen molar-refractivity contribution in [1.29, 1.82) is 0 Å². The number of hydrogen-bond acceptors (Lipinski definition) is 2. The molecule has 1 aliphatic rings. The van der Waals surface area contributed by atoms with Crippen molar-refractivity contribution in [3.63, 3.8) is 0 Å². The number of hydrogen-bond donors (Lipinski definition) is 1. The summed E-state index contributed by atoms with van der Waals surface area (Å²) >= 11 is 11.8. The number of carbonyl (C=O) groups is 2. The van der Waals surface area contributed by atoms with Gasteiger partial charge in [0, 0.05) is 17.4 Å². The Morgan fingerprint density at radius 2 is 1.92 bits per heavy atom. The van der Waals surface area contributed by atoms with E-state index >= 15 is 0 Å². The molecular formula is C18H16Cl2N2O2. The summed E-state index contributed by atoms with van der Waals surface area (Å²) in [6.45, 7) is 1.98. The molecule has 2 aromatic carbocycles. The summed E-state index contributed by atoms with van der Waals surface area (Å²) in [6, 6.07) is 12.6. The molecule has 0 radical (unpaired) electrons. The van der Waals surface area contributed by atoms with Gasteiger partial charge < -0.3 is 10.2 Å². The van der Waals surface area contributed by atoms with Crippen LogP contribution in [-0.4, -0.2) is 17.9 Å². The first kappa shape index (κ1) is 16.8. The molecule has 1 unspecified atom stereocenters. The van der Waals surface area contributed by atoms with E-state index in [9.17, 15) is 9.59 Å². The van der Waals surface area contributed by atoms with Crippen molar-refractivity contribution in [2.75, 3.05) is 10.2 Å². The number of anilines is 2. The first-order valence-electron chi connectivity index (χ1n) is 7.60. The molecule has 6 heteroatoms. The summed E-state index contributed by atoms with van der Waals surface area (Å²) in [5.41, 5.74) is 2.53. The fourth-order valence-electron chi connectivity index (χ4n) is 2.95. The smallest absolute Gasteiger partial charge is 0.236 e. The zero-order valence-corrected chi connectivity index (χ0v) is 14.6. The van der Waals surface area contributed by atoms with Gasteiger partial charge in [-0.25, -0.2) is 0 Å². The molecule has 0 fully saturated rings. The molecule has 0 aliphatic carbocycles. The molecule has 0 saturated carbocycles. The van der Waals surface area contributed by atoms with Gasteiger partial charge >= 0.3 is 0 Å². The lowest BCUT2D eigenvalue weighted by molar-refractivity contribution is -0.125. The van der Waals surface area contributed by atoms with E-state index in [1.165, 1.54) is 0 Å². The SMILES string of the molecule is CC1Cc2ccccc2N1C(=O)CC(=O)Nc1ccc(Cl)c(Cl)c1. The van der Waals surface area contributed by atoms with Crippen molar-refractivity contribution in [3.8, 4) is 0 Å². The minimum atomic E-state index is -0.380. The second-order valence-corrected chi connectivity index (χ2v) is 6.61. The standard InChI is InChI=1S/C18H16Cl2N2O2/c1-11-8-12-4-2-3-5-16(12)22(11)18(24)10-17(23)21-13-6-7-14(19)15(20)9-13/h2-7,9,11H,8,10H2,1H3,(H,21,23). The van der Waals surface area contributed by atoms with Crippen LogP contribution in [0.3, 0.4) is 0 Å². The number of rotatable bonds is 3. The van der Waals surface area contributed by atoms with E-state index in [0.717, 1.165) is 17.7 Å². The molecular weight excluding hydrogens is 347 g/mol. The van der Waals surface area contributed by atoms with E-state index in [0.29, 0.717) is 15.7 Å². The summed E-state index contributed by atoms with van der Waals surface area (Å²) in [6.07, 6.45) is 0.579. The van der Waals surface area contributed by atoms with Crippen molar-refractivity contribution in [2.45, 2.75) is 25.8 Å². The second-order valence-electron chi connectivity index (χ2n) is 5.80. The fraction of sp³-hybridized carbons (Fsp3) is 0.222. The van der Waals surface area contributed by atoms with Gasteiger partial charge in [0.15, 0.2) is 0 Å². The fourth-order valence-corrected chi connectivity index (χ4v) is 3.25. The lowest BCUT2D eigenvalue weighted by Crippen LogP contribution is -2.37. The number of benzene rings is 2. The lowest BCUT2D eigenvalue weighted by atomic mass is 10.1. The first-order chi connectivity index (χ1) is 11.5. The zero-order chi connectivity index (χ0) is 17.3. The van der Waals surface area contributed by atoms with Crippen molar-refractivity contribution in [2.24, 2.45) is 0 Å². The van der Waals surface area contributed by atoms with Gasteiger partial charge in [-0.3, -0.25) is 9.59 Å². The topological polar surface area (TPSA) is 49.4 Å². The third-order valence-corrected chi connectivity index (χ3v) is 4.73. The highest BCUT2D eigenvalue weighted by Crippen LogP contribution is 2.32. The number of carbonyl (C=O) groups excluding carboxylic acids is 2. The molecule has 3 rings (SSSR count). The van der Waals surface area contributed by atoms with Gasteiger partial charge in [-0.15, -0.1) is 0 Å². The van der Waals surface area contributed by atoms with Gasteiger partial charge in [-0.2, -0.15) is 0 Å². The average molecular weight is 363 g/mol. The Morgan fingerprint density at radius 1 is 1.17 bits per heavy atom. The van der Waals surface area contributed by atoms with Crippen LogP contribution >= 0.6 is 23.2 Å². The highest BCUT2D eigenvalue weighted by atomic mass is 35.5. The van der Waals surface area contributed by atoms with Crippen LogP contribution in [0, 0.1) is 0 Å². The van der Waals surface area contributed by atoms with E-state index in [1.54, 1.807) is 23.1 Å². The van der Waals surface area contributed by atoms with Crippen LogP contribution in [0.2, 0.25) is 10.0 Å². The van der Waals surface area contributed by atoms with Gasteiger partial charge in [0.05, 0.1) is 10.0 Å². The van der Waals surface area contributed by atoms with Gasteiger partial charge in [0.2, 0.25) is 11.8 Å². The summed E-state index contributed by atoms with van der Waals surface area (Å²) in [7, 11) is 0. The van der Waals surface area contributed by atoms with Crippen LogP contribution in [0.4, 0.5) is 11.4 Å². The molecule has 2 aromatic rings. The molecule has 0 aromatic heterocycles. The van der Waals surface area contributed by atoms with Crippen LogP contribution in [0.1, 0.15) is 18.9 Å². The third-order valence-electron chi connectivity index (χ3n) is 3.99. The average Bonchev–Trinajstić information content (AvgIpc) is 2.86. The quantitative estimate of drug-likeness (QED) is 0.827. The Bertz CT molecular complexity index is 807. The third kappa shape index (κ3) is 3.40. The Balaban J connectivity index is 1.68. The molecule has 2 amide bonds. The van der Waals surface area contributed by atoms with Crippen LogP contribution in [0.15, 0.2) is 42.5 Å². The summed E-state index contributed by atoms with van der Waals surface area (Å²) in [5.74, 6) is -0.597. The maximum absolute atomic E-state index is 12.6. The number of halogens is 2. The molecule has 1 N–H and O–H groups in total. The molecule has 0 saturated heterocycles. The maximum atomic E-state index is 12.6. The van der Waals surface area contributed by atoms with E-state index in [4.69, 9.17) is 23.2 Å². The number of amides is 2. The van der Waals surface area contributed by atoms with Gasteiger partial charge in [-0.1, -0.05) is 41.4 Å². The Hall–Kier alpha value is -2.04. The van der Waals surface area contributed by atoms with E-state index in [2.05, 4.69) is 5.32 Å². The Kier molecular flexibility index (Phi) is 4.78. The molecule has 0 bridgehead atoms. The zero-order valence-electron chi connectivity index (χ0n) is 13.1. The molecule has 24 heavy (non-hydrogen) atoms. The highest BCUT2D eigenvalue weighted by molar-refractivity contribution is 6.42. The summed E-state index contributed by atoms with van der Waals surface area (Å²) in [5, 5.41) is 3.43. The summed E-state index contributed by atoms with van der Waals surface area (Å²) in [4.78, 5) is 26.4. The first-order valence-corrected chi connectivity index (χ1v) is 8.36. The molecule has 1 atom stereocenters. The predicted molar refractivity (Wildman–Crippen MR) is 96.8 cm³/mol. The second kappa shape index (κ2) is 6.83. The Morgan fingerprint density at radius 3 is 2.67 bits per heavy atom. The van der Waals surface area contributed by atoms with Gasteiger partial charge in [0.25, 0.3) is 0 Å². The van der Waals surface area contributed by atoms with Crippen LogP contribution in [0.5, 0.6) is 0 Å². The lowest BCUT2D eigenvalue weighted by Gasteiger charge is -2.22. The van der Waals surface area contributed by atoms with E-state index < -0.39 is 0 Å². The minimum absolute atomic E-state index is 0.0488. The highest BCUT2D eigenvalue weighted by Gasteiger charge is 2.31. The molecule has 0 spiro atoms. The van der Waals surface area contributed by atoms with Crippen molar-refractivity contribution in [3.05, 3.63) is 58.1 Å². The van der Waals surface area contributed by atoms with Gasteiger partial charge in [0.1, 0.15) is 6.42 Å².